The average molecular weight is 243 g/mol. The molecule has 0 aliphatic heterocycles. The Labute approximate surface area is 106 Å². The first kappa shape index (κ1) is 16.2. The summed E-state index contributed by atoms with van der Waals surface area (Å²) in [7, 11) is 1.80. The molecule has 0 aromatic rings. The molecule has 0 fully saturated rings. The first-order valence-corrected chi connectivity index (χ1v) is 6.73. The lowest BCUT2D eigenvalue weighted by atomic mass is 10.1. The van der Waals surface area contributed by atoms with Gasteiger partial charge in [0, 0.05) is 26.7 Å². The van der Waals surface area contributed by atoms with Gasteiger partial charge in [-0.1, -0.05) is 26.7 Å². The highest BCUT2D eigenvalue weighted by Gasteiger charge is 1.97. The van der Waals surface area contributed by atoms with Crippen molar-refractivity contribution in [3.05, 3.63) is 0 Å². The van der Waals surface area contributed by atoms with Crippen molar-refractivity contribution in [3.8, 4) is 0 Å². The van der Waals surface area contributed by atoms with E-state index in [4.69, 9.17) is 4.74 Å². The molecule has 0 aromatic heterocycles. The standard InChI is InChI=1S/C13H29N3O/c1-5-17-11-10-16-13(14-4)15-9-7-6-8-12(2)3/h12H,5-11H2,1-4H3,(H2,14,15,16). The molecule has 0 radical (unpaired) electrons. The van der Waals surface area contributed by atoms with Gasteiger partial charge in [0.25, 0.3) is 0 Å². The number of hydrogen-bond acceptors (Lipinski definition) is 2. The van der Waals surface area contributed by atoms with Gasteiger partial charge >= 0.3 is 0 Å². The normalized spacial score (nSPS) is 11.9. The van der Waals surface area contributed by atoms with Gasteiger partial charge < -0.3 is 15.4 Å². The number of aliphatic imine (C=N–C) groups is 1. The zero-order chi connectivity index (χ0) is 12.9. The maximum atomic E-state index is 5.25. The monoisotopic (exact) mass is 243 g/mol. The molecule has 0 aliphatic carbocycles. The lowest BCUT2D eigenvalue weighted by Gasteiger charge is -2.12. The highest BCUT2D eigenvalue weighted by Crippen LogP contribution is 2.04. The maximum absolute atomic E-state index is 5.25. The maximum Gasteiger partial charge on any atom is 0.191 e. The predicted octanol–water partition coefficient (Wildman–Crippen LogP) is 2.01. The van der Waals surface area contributed by atoms with Crippen LogP contribution in [0.15, 0.2) is 4.99 Å². The van der Waals surface area contributed by atoms with E-state index < -0.39 is 0 Å². The van der Waals surface area contributed by atoms with Crippen LogP contribution in [-0.2, 0) is 4.74 Å². The first-order chi connectivity index (χ1) is 8.20. The number of unbranched alkanes of at least 4 members (excludes halogenated alkanes) is 1. The number of guanidine groups is 1. The van der Waals surface area contributed by atoms with Crippen LogP contribution < -0.4 is 10.6 Å². The number of nitrogens with one attached hydrogen (secondary N) is 2. The molecule has 0 aromatic carbocycles. The third-order valence-electron chi connectivity index (χ3n) is 2.47. The molecule has 4 nitrogen and oxygen atoms in total. The number of ether oxygens (including phenoxy) is 1. The Balaban J connectivity index is 3.42. The lowest BCUT2D eigenvalue weighted by Crippen LogP contribution is -2.39. The fraction of sp³-hybridized carbons (Fsp3) is 0.923. The van der Waals surface area contributed by atoms with Gasteiger partial charge in [-0.25, -0.2) is 0 Å². The third kappa shape index (κ3) is 11.5. The Morgan fingerprint density at radius 1 is 1.18 bits per heavy atom. The summed E-state index contributed by atoms with van der Waals surface area (Å²) in [6.07, 6.45) is 3.78. The minimum atomic E-state index is 0.727. The van der Waals surface area contributed by atoms with E-state index in [1.165, 1.54) is 19.3 Å². The third-order valence-corrected chi connectivity index (χ3v) is 2.47. The van der Waals surface area contributed by atoms with Crippen LogP contribution in [-0.4, -0.2) is 39.3 Å². The van der Waals surface area contributed by atoms with Crippen LogP contribution in [0.2, 0.25) is 0 Å². The Bertz CT molecular complexity index is 193. The Kier molecular flexibility index (Phi) is 11.2. The summed E-state index contributed by atoms with van der Waals surface area (Å²) in [5, 5.41) is 6.52. The molecule has 0 saturated heterocycles. The predicted molar refractivity (Wildman–Crippen MR) is 74.5 cm³/mol. The molecular formula is C13H29N3O. The van der Waals surface area contributed by atoms with Gasteiger partial charge in [-0.15, -0.1) is 0 Å². The zero-order valence-corrected chi connectivity index (χ0v) is 11.9. The molecule has 2 N–H and O–H groups in total. The van der Waals surface area contributed by atoms with E-state index in [2.05, 4.69) is 29.5 Å². The van der Waals surface area contributed by atoms with Gasteiger partial charge in [-0.05, 0) is 19.3 Å². The summed E-state index contributed by atoms with van der Waals surface area (Å²) < 4.78 is 5.25. The van der Waals surface area contributed by atoms with E-state index in [1.54, 1.807) is 7.05 Å². The van der Waals surface area contributed by atoms with Gasteiger partial charge in [0.15, 0.2) is 5.96 Å². The van der Waals surface area contributed by atoms with Crippen molar-refractivity contribution in [1.82, 2.24) is 10.6 Å². The van der Waals surface area contributed by atoms with Crippen LogP contribution in [0.5, 0.6) is 0 Å². The summed E-state index contributed by atoms with van der Waals surface area (Å²) in [6.45, 7) is 9.82. The lowest BCUT2D eigenvalue weighted by molar-refractivity contribution is 0.152. The van der Waals surface area contributed by atoms with Crippen molar-refractivity contribution in [3.63, 3.8) is 0 Å². The molecule has 0 rings (SSSR count). The molecule has 102 valence electrons. The van der Waals surface area contributed by atoms with Gasteiger partial charge in [-0.2, -0.15) is 0 Å². The topological polar surface area (TPSA) is 45.6 Å². The first-order valence-electron chi connectivity index (χ1n) is 6.73. The number of rotatable bonds is 9. The average Bonchev–Trinajstić information content (AvgIpc) is 2.31. The van der Waals surface area contributed by atoms with E-state index in [-0.39, 0.29) is 0 Å². The van der Waals surface area contributed by atoms with Gasteiger partial charge in [-0.3, -0.25) is 4.99 Å². The van der Waals surface area contributed by atoms with Crippen LogP contribution in [0, 0.1) is 5.92 Å². The number of nitrogens with zero attached hydrogens (tertiary/aromatic N) is 1. The smallest absolute Gasteiger partial charge is 0.191 e. The quantitative estimate of drug-likeness (QED) is 0.370. The van der Waals surface area contributed by atoms with Gasteiger partial charge in [0.05, 0.1) is 6.61 Å². The van der Waals surface area contributed by atoms with E-state index in [0.717, 1.165) is 38.2 Å². The summed E-state index contributed by atoms with van der Waals surface area (Å²) in [6, 6.07) is 0. The fourth-order valence-electron chi connectivity index (χ4n) is 1.49. The highest BCUT2D eigenvalue weighted by atomic mass is 16.5. The molecule has 4 heteroatoms. The second-order valence-electron chi connectivity index (χ2n) is 4.51. The summed E-state index contributed by atoms with van der Waals surface area (Å²) in [5.74, 6) is 1.67. The second kappa shape index (κ2) is 11.7. The van der Waals surface area contributed by atoms with Crippen molar-refractivity contribution in [1.29, 1.82) is 0 Å². The molecule has 0 spiro atoms. The molecule has 0 unspecified atom stereocenters. The van der Waals surface area contributed by atoms with E-state index >= 15 is 0 Å². The summed E-state index contributed by atoms with van der Waals surface area (Å²) in [5.41, 5.74) is 0. The SMILES string of the molecule is CCOCCNC(=NC)NCCCCC(C)C. The molecule has 17 heavy (non-hydrogen) atoms. The largest absolute Gasteiger partial charge is 0.380 e. The minimum Gasteiger partial charge on any atom is -0.380 e. The number of hydrogen-bond donors (Lipinski definition) is 2. The van der Waals surface area contributed by atoms with Crippen molar-refractivity contribution < 1.29 is 4.74 Å². The van der Waals surface area contributed by atoms with Crippen LogP contribution in [0.1, 0.15) is 40.0 Å². The van der Waals surface area contributed by atoms with Crippen LogP contribution in [0.4, 0.5) is 0 Å². The molecule has 0 aliphatic rings. The van der Waals surface area contributed by atoms with E-state index in [9.17, 15) is 0 Å². The van der Waals surface area contributed by atoms with E-state index in [0.29, 0.717) is 0 Å². The van der Waals surface area contributed by atoms with Gasteiger partial charge in [0.2, 0.25) is 0 Å². The van der Waals surface area contributed by atoms with E-state index in [1.807, 2.05) is 6.92 Å². The molecule has 0 saturated carbocycles. The Morgan fingerprint density at radius 3 is 2.47 bits per heavy atom. The Morgan fingerprint density at radius 2 is 1.88 bits per heavy atom. The zero-order valence-electron chi connectivity index (χ0n) is 11.9. The van der Waals surface area contributed by atoms with Crippen molar-refractivity contribution >= 4 is 5.96 Å². The second-order valence-corrected chi connectivity index (χ2v) is 4.51. The van der Waals surface area contributed by atoms with Crippen LogP contribution in [0.25, 0.3) is 0 Å². The molecular weight excluding hydrogens is 214 g/mol. The van der Waals surface area contributed by atoms with Crippen LogP contribution in [0.3, 0.4) is 0 Å². The summed E-state index contributed by atoms with van der Waals surface area (Å²) >= 11 is 0. The molecule has 0 amide bonds. The van der Waals surface area contributed by atoms with Crippen molar-refractivity contribution in [2.75, 3.05) is 33.4 Å². The van der Waals surface area contributed by atoms with Gasteiger partial charge in [0.1, 0.15) is 0 Å². The highest BCUT2D eigenvalue weighted by molar-refractivity contribution is 5.79. The van der Waals surface area contributed by atoms with Crippen molar-refractivity contribution in [2.45, 2.75) is 40.0 Å². The molecule has 0 atom stereocenters. The molecule has 0 heterocycles. The Hall–Kier alpha value is -0.770. The minimum absolute atomic E-state index is 0.727. The molecule has 0 bridgehead atoms. The van der Waals surface area contributed by atoms with Crippen molar-refractivity contribution in [2.24, 2.45) is 10.9 Å². The summed E-state index contributed by atoms with van der Waals surface area (Å²) in [4.78, 5) is 4.16. The fourth-order valence-corrected chi connectivity index (χ4v) is 1.49. The van der Waals surface area contributed by atoms with Crippen LogP contribution >= 0.6 is 0 Å².